The molecule has 2 aromatic rings. The van der Waals surface area contributed by atoms with E-state index in [1.165, 1.54) is 5.56 Å². The third-order valence-electron chi connectivity index (χ3n) is 4.14. The van der Waals surface area contributed by atoms with Crippen molar-refractivity contribution in [1.82, 2.24) is 0 Å². The standard InChI is InChI=1S/C20H19Cl2NO/c1-3-20(23-14-24,17-9-6-15(2)7-10-17)12-4-5-16-8-11-18(21)19(22)13-16/h4-11,13H,3,12H2,1-2H3. The number of nitrogens with zero attached hydrogens (tertiary/aromatic N) is 1. The Bertz CT molecular complexity index is 777. The van der Waals surface area contributed by atoms with E-state index >= 15 is 0 Å². The lowest BCUT2D eigenvalue weighted by molar-refractivity contribution is 0.431. The minimum absolute atomic E-state index is 0.519. The predicted octanol–water partition coefficient (Wildman–Crippen LogP) is 6.35. The van der Waals surface area contributed by atoms with Gasteiger partial charge in [-0.2, -0.15) is 4.99 Å². The molecule has 0 heterocycles. The zero-order chi connectivity index (χ0) is 17.6. The highest BCUT2D eigenvalue weighted by atomic mass is 35.5. The Morgan fingerprint density at radius 3 is 2.42 bits per heavy atom. The van der Waals surface area contributed by atoms with Gasteiger partial charge in [0.15, 0.2) is 0 Å². The second-order valence-electron chi connectivity index (χ2n) is 5.73. The van der Waals surface area contributed by atoms with E-state index in [0.717, 1.165) is 11.1 Å². The minimum atomic E-state index is -0.595. The largest absolute Gasteiger partial charge is 0.235 e. The van der Waals surface area contributed by atoms with Gasteiger partial charge < -0.3 is 0 Å². The molecule has 124 valence electrons. The van der Waals surface area contributed by atoms with Gasteiger partial charge in [0.25, 0.3) is 0 Å². The average molecular weight is 360 g/mol. The van der Waals surface area contributed by atoms with Gasteiger partial charge in [0.05, 0.1) is 10.0 Å². The van der Waals surface area contributed by atoms with Crippen molar-refractivity contribution in [1.29, 1.82) is 0 Å². The van der Waals surface area contributed by atoms with Crippen molar-refractivity contribution < 1.29 is 4.79 Å². The van der Waals surface area contributed by atoms with Crippen LogP contribution in [0.3, 0.4) is 0 Å². The summed E-state index contributed by atoms with van der Waals surface area (Å²) in [5.41, 5.74) is 2.54. The van der Waals surface area contributed by atoms with Gasteiger partial charge >= 0.3 is 0 Å². The van der Waals surface area contributed by atoms with Crippen LogP contribution in [0, 0.1) is 6.92 Å². The predicted molar refractivity (Wildman–Crippen MR) is 101 cm³/mol. The smallest absolute Gasteiger partial charge is 0.211 e. The van der Waals surface area contributed by atoms with Gasteiger partial charge in [-0.25, -0.2) is 4.79 Å². The first-order valence-electron chi connectivity index (χ1n) is 7.78. The van der Waals surface area contributed by atoms with E-state index in [4.69, 9.17) is 23.2 Å². The first kappa shape index (κ1) is 18.5. The molecule has 0 aliphatic heterocycles. The van der Waals surface area contributed by atoms with Crippen LogP contribution in [0.25, 0.3) is 6.08 Å². The van der Waals surface area contributed by atoms with Crippen molar-refractivity contribution in [3.8, 4) is 0 Å². The van der Waals surface area contributed by atoms with Gasteiger partial charge in [0.1, 0.15) is 5.54 Å². The van der Waals surface area contributed by atoms with Crippen LogP contribution in [-0.2, 0) is 10.3 Å². The maximum atomic E-state index is 11.0. The maximum Gasteiger partial charge on any atom is 0.235 e. The number of hydrogen-bond donors (Lipinski definition) is 0. The lowest BCUT2D eigenvalue weighted by atomic mass is 9.84. The molecule has 0 spiro atoms. The molecule has 0 fully saturated rings. The Kier molecular flexibility index (Phi) is 6.39. The molecular formula is C20H19Cl2NO. The average Bonchev–Trinajstić information content (AvgIpc) is 2.58. The van der Waals surface area contributed by atoms with Gasteiger partial charge in [0, 0.05) is 0 Å². The summed E-state index contributed by atoms with van der Waals surface area (Å²) < 4.78 is 0. The lowest BCUT2D eigenvalue weighted by Gasteiger charge is -2.26. The van der Waals surface area contributed by atoms with Crippen LogP contribution in [0.1, 0.15) is 36.5 Å². The summed E-state index contributed by atoms with van der Waals surface area (Å²) in [6.07, 6.45) is 7.01. The van der Waals surface area contributed by atoms with Crippen molar-refractivity contribution in [3.63, 3.8) is 0 Å². The summed E-state index contributed by atoms with van der Waals surface area (Å²) in [7, 11) is 0. The summed E-state index contributed by atoms with van der Waals surface area (Å²) in [5.74, 6) is 0. The number of carbonyl (C=O) groups excluding carboxylic acids is 1. The molecule has 0 aliphatic carbocycles. The fourth-order valence-corrected chi connectivity index (χ4v) is 2.92. The molecule has 0 N–H and O–H groups in total. The Morgan fingerprint density at radius 1 is 1.12 bits per heavy atom. The molecule has 2 rings (SSSR count). The summed E-state index contributed by atoms with van der Waals surface area (Å²) in [4.78, 5) is 15.1. The number of benzene rings is 2. The lowest BCUT2D eigenvalue weighted by Crippen LogP contribution is -2.21. The molecule has 0 saturated carbocycles. The first-order chi connectivity index (χ1) is 11.5. The fraction of sp³-hybridized carbons (Fsp3) is 0.250. The summed E-state index contributed by atoms with van der Waals surface area (Å²) >= 11 is 12.0. The maximum absolute atomic E-state index is 11.0. The Balaban J connectivity index is 2.28. The van der Waals surface area contributed by atoms with Crippen molar-refractivity contribution in [2.45, 2.75) is 32.2 Å². The summed E-state index contributed by atoms with van der Waals surface area (Å²) in [6.45, 7) is 4.05. The molecule has 0 saturated heterocycles. The van der Waals surface area contributed by atoms with Crippen LogP contribution in [-0.4, -0.2) is 6.08 Å². The van der Waals surface area contributed by atoms with E-state index in [0.29, 0.717) is 22.9 Å². The van der Waals surface area contributed by atoms with Crippen molar-refractivity contribution in [3.05, 3.63) is 75.3 Å². The summed E-state index contributed by atoms with van der Waals surface area (Å²) in [6, 6.07) is 13.6. The molecule has 0 radical (unpaired) electrons. The van der Waals surface area contributed by atoms with Crippen LogP contribution in [0.5, 0.6) is 0 Å². The summed E-state index contributed by atoms with van der Waals surface area (Å²) in [5, 5.41) is 1.05. The van der Waals surface area contributed by atoms with Gasteiger partial charge in [-0.1, -0.05) is 78.2 Å². The number of aliphatic imine (C=N–C) groups is 1. The number of aryl methyl sites for hydroxylation is 1. The van der Waals surface area contributed by atoms with E-state index in [1.54, 1.807) is 12.1 Å². The van der Waals surface area contributed by atoms with Crippen LogP contribution in [0.15, 0.2) is 53.5 Å². The second kappa shape index (κ2) is 8.30. The molecule has 1 unspecified atom stereocenters. The molecular weight excluding hydrogens is 341 g/mol. The van der Waals surface area contributed by atoms with Crippen LogP contribution >= 0.6 is 23.2 Å². The molecule has 0 amide bonds. The van der Waals surface area contributed by atoms with E-state index in [1.807, 2.05) is 62.4 Å². The molecule has 1 atom stereocenters. The van der Waals surface area contributed by atoms with E-state index in [-0.39, 0.29) is 0 Å². The quantitative estimate of drug-likeness (QED) is 0.436. The second-order valence-corrected chi connectivity index (χ2v) is 6.55. The normalized spacial score (nSPS) is 13.5. The molecule has 4 heteroatoms. The van der Waals surface area contributed by atoms with Crippen molar-refractivity contribution >= 4 is 35.4 Å². The van der Waals surface area contributed by atoms with Gasteiger partial charge in [-0.05, 0) is 43.0 Å². The topological polar surface area (TPSA) is 29.4 Å². The Morgan fingerprint density at radius 2 is 1.83 bits per heavy atom. The number of halogens is 2. The van der Waals surface area contributed by atoms with E-state index < -0.39 is 5.54 Å². The highest BCUT2D eigenvalue weighted by Gasteiger charge is 2.28. The molecule has 0 bridgehead atoms. The first-order valence-corrected chi connectivity index (χ1v) is 8.54. The third-order valence-corrected chi connectivity index (χ3v) is 4.88. The van der Waals surface area contributed by atoms with Crippen LogP contribution < -0.4 is 0 Å². The zero-order valence-corrected chi connectivity index (χ0v) is 15.2. The SMILES string of the molecule is CCC(CC=Cc1ccc(Cl)c(Cl)c1)(N=C=O)c1ccc(C)cc1. The van der Waals surface area contributed by atoms with Gasteiger partial charge in [-0.15, -0.1) is 0 Å². The molecule has 0 aromatic heterocycles. The molecule has 0 aliphatic rings. The van der Waals surface area contributed by atoms with Gasteiger partial charge in [0.2, 0.25) is 6.08 Å². The number of hydrogen-bond acceptors (Lipinski definition) is 2. The Hall–Kier alpha value is -1.86. The fourth-order valence-electron chi connectivity index (χ4n) is 2.61. The highest BCUT2D eigenvalue weighted by Crippen LogP contribution is 2.34. The molecule has 2 nitrogen and oxygen atoms in total. The number of rotatable bonds is 6. The van der Waals surface area contributed by atoms with E-state index in [2.05, 4.69) is 4.99 Å². The Labute approximate surface area is 152 Å². The molecule has 2 aromatic carbocycles. The van der Waals surface area contributed by atoms with Crippen molar-refractivity contribution in [2.75, 3.05) is 0 Å². The van der Waals surface area contributed by atoms with Crippen LogP contribution in [0.4, 0.5) is 0 Å². The van der Waals surface area contributed by atoms with Crippen LogP contribution in [0.2, 0.25) is 10.0 Å². The van der Waals surface area contributed by atoms with Gasteiger partial charge in [-0.3, -0.25) is 0 Å². The van der Waals surface area contributed by atoms with E-state index in [9.17, 15) is 4.79 Å². The van der Waals surface area contributed by atoms with Crippen molar-refractivity contribution in [2.24, 2.45) is 4.99 Å². The highest BCUT2D eigenvalue weighted by molar-refractivity contribution is 6.42. The number of isocyanates is 1. The molecule has 24 heavy (non-hydrogen) atoms. The zero-order valence-electron chi connectivity index (χ0n) is 13.7. The minimum Gasteiger partial charge on any atom is -0.211 e. The third kappa shape index (κ3) is 4.36. The monoisotopic (exact) mass is 359 g/mol.